The van der Waals surface area contributed by atoms with Crippen LogP contribution in [0.4, 0.5) is 0 Å². The van der Waals surface area contributed by atoms with E-state index in [0.29, 0.717) is 34.7 Å². The standard InChI is InChI=1S/C29H26ClNO4/c1-2-3-6-16-34-22-9-7-8-20(17-22)26-25-27(32)23-10-4-5-11-24(23)35-28(25)29(33)31(26)18-19-12-14-21(30)15-13-19/h4-5,7-15,17,26H,2-3,6,16,18H2,1H3. The summed E-state index contributed by atoms with van der Waals surface area (Å²) in [5.41, 5.74) is 2.30. The van der Waals surface area contributed by atoms with Crippen molar-refractivity contribution in [2.45, 2.75) is 38.8 Å². The molecular weight excluding hydrogens is 462 g/mol. The van der Waals surface area contributed by atoms with Crippen LogP contribution in [0.25, 0.3) is 11.0 Å². The largest absolute Gasteiger partial charge is 0.494 e. The molecule has 1 atom stereocenters. The van der Waals surface area contributed by atoms with Crippen LogP contribution >= 0.6 is 11.6 Å². The Labute approximate surface area is 208 Å². The number of amides is 1. The highest BCUT2D eigenvalue weighted by Gasteiger charge is 2.42. The lowest BCUT2D eigenvalue weighted by molar-refractivity contribution is 0.0714. The highest BCUT2D eigenvalue weighted by Crippen LogP contribution is 2.40. The number of carbonyl (C=O) groups excluding carboxylic acids is 1. The number of unbranched alkanes of at least 4 members (excludes halogenated alkanes) is 2. The molecular formula is C29H26ClNO4. The maximum Gasteiger partial charge on any atom is 0.291 e. The van der Waals surface area contributed by atoms with Crippen LogP contribution in [0.1, 0.15) is 59.5 Å². The van der Waals surface area contributed by atoms with Crippen molar-refractivity contribution in [1.82, 2.24) is 4.90 Å². The van der Waals surface area contributed by atoms with E-state index in [1.165, 1.54) is 0 Å². The Balaban J connectivity index is 1.59. The van der Waals surface area contributed by atoms with E-state index in [9.17, 15) is 9.59 Å². The predicted octanol–water partition coefficient (Wildman–Crippen LogP) is 6.76. The monoisotopic (exact) mass is 487 g/mol. The van der Waals surface area contributed by atoms with Gasteiger partial charge in [-0.05, 0) is 53.9 Å². The first-order valence-electron chi connectivity index (χ1n) is 11.9. The first-order valence-corrected chi connectivity index (χ1v) is 12.3. The fraction of sp³-hybridized carbons (Fsp3) is 0.241. The summed E-state index contributed by atoms with van der Waals surface area (Å²) in [4.78, 5) is 28.9. The maximum atomic E-state index is 13.6. The Morgan fingerprint density at radius 3 is 2.57 bits per heavy atom. The van der Waals surface area contributed by atoms with Gasteiger partial charge in [-0.1, -0.05) is 67.8 Å². The molecule has 0 N–H and O–H groups in total. The van der Waals surface area contributed by atoms with Gasteiger partial charge in [0.2, 0.25) is 5.76 Å². The van der Waals surface area contributed by atoms with Crippen LogP contribution in [0.5, 0.6) is 5.75 Å². The Hall–Kier alpha value is -3.57. The van der Waals surface area contributed by atoms with Crippen molar-refractivity contribution >= 4 is 28.5 Å². The van der Waals surface area contributed by atoms with Gasteiger partial charge in [-0.15, -0.1) is 0 Å². The number of benzene rings is 3. The van der Waals surface area contributed by atoms with Crippen LogP contribution in [0.15, 0.2) is 82.0 Å². The van der Waals surface area contributed by atoms with Gasteiger partial charge in [-0.2, -0.15) is 0 Å². The quantitative estimate of drug-likeness (QED) is 0.257. The van der Waals surface area contributed by atoms with Crippen molar-refractivity contribution < 1.29 is 13.9 Å². The molecule has 0 spiro atoms. The number of rotatable bonds is 8. The summed E-state index contributed by atoms with van der Waals surface area (Å²) < 4.78 is 12.0. The van der Waals surface area contributed by atoms with Crippen LogP contribution in [0.3, 0.4) is 0 Å². The molecule has 5 nitrogen and oxygen atoms in total. The van der Waals surface area contributed by atoms with Crippen LogP contribution in [0.2, 0.25) is 5.02 Å². The molecule has 3 aromatic carbocycles. The highest BCUT2D eigenvalue weighted by molar-refractivity contribution is 6.30. The molecule has 1 aromatic heterocycles. The minimum atomic E-state index is -0.590. The number of fused-ring (bicyclic) bond motifs is 2. The van der Waals surface area contributed by atoms with Gasteiger partial charge < -0.3 is 14.1 Å². The van der Waals surface area contributed by atoms with Gasteiger partial charge in [0.25, 0.3) is 5.91 Å². The second kappa shape index (κ2) is 9.96. The molecule has 178 valence electrons. The Morgan fingerprint density at radius 2 is 1.77 bits per heavy atom. The molecule has 6 heteroatoms. The molecule has 0 saturated heterocycles. The zero-order valence-electron chi connectivity index (χ0n) is 19.5. The van der Waals surface area contributed by atoms with Gasteiger partial charge in [0.15, 0.2) is 5.43 Å². The molecule has 0 aliphatic carbocycles. The third-order valence-electron chi connectivity index (χ3n) is 6.33. The number of nitrogens with zero attached hydrogens (tertiary/aromatic N) is 1. The normalized spacial score (nSPS) is 15.0. The van der Waals surface area contributed by atoms with Gasteiger partial charge in [0.05, 0.1) is 23.6 Å². The second-order valence-corrected chi connectivity index (χ2v) is 9.20. The van der Waals surface area contributed by atoms with Gasteiger partial charge >= 0.3 is 0 Å². The van der Waals surface area contributed by atoms with Gasteiger partial charge in [0.1, 0.15) is 11.3 Å². The molecule has 2 heterocycles. The molecule has 0 fully saturated rings. The average Bonchev–Trinajstić information content (AvgIpc) is 3.15. The third-order valence-corrected chi connectivity index (χ3v) is 6.58. The van der Waals surface area contributed by atoms with Gasteiger partial charge in [-0.3, -0.25) is 9.59 Å². The maximum absolute atomic E-state index is 13.6. The first kappa shape index (κ1) is 23.2. The summed E-state index contributed by atoms with van der Waals surface area (Å²) in [7, 11) is 0. The van der Waals surface area contributed by atoms with E-state index in [1.54, 1.807) is 41.3 Å². The average molecular weight is 488 g/mol. The topological polar surface area (TPSA) is 59.8 Å². The first-order chi connectivity index (χ1) is 17.1. The number of hydrogen-bond donors (Lipinski definition) is 0. The smallest absolute Gasteiger partial charge is 0.291 e. The lowest BCUT2D eigenvalue weighted by Gasteiger charge is -2.25. The number of hydrogen-bond acceptors (Lipinski definition) is 4. The van der Waals surface area contributed by atoms with Crippen molar-refractivity contribution in [2.24, 2.45) is 0 Å². The zero-order valence-corrected chi connectivity index (χ0v) is 20.3. The molecule has 1 unspecified atom stereocenters. The fourth-order valence-electron chi connectivity index (χ4n) is 4.58. The van der Waals surface area contributed by atoms with Crippen LogP contribution in [0, 0.1) is 0 Å². The summed E-state index contributed by atoms with van der Waals surface area (Å²) in [5, 5.41) is 1.08. The Morgan fingerprint density at radius 1 is 0.971 bits per heavy atom. The van der Waals surface area contributed by atoms with Crippen molar-refractivity contribution in [1.29, 1.82) is 0 Å². The molecule has 1 aliphatic rings. The van der Waals surface area contributed by atoms with Crippen LogP contribution < -0.4 is 10.2 Å². The Bertz CT molecular complexity index is 1430. The summed E-state index contributed by atoms with van der Waals surface area (Å²) >= 11 is 6.06. The lowest BCUT2D eigenvalue weighted by Crippen LogP contribution is -2.29. The second-order valence-electron chi connectivity index (χ2n) is 8.76. The summed E-state index contributed by atoms with van der Waals surface area (Å²) in [5.74, 6) is 0.509. The molecule has 0 saturated carbocycles. The molecule has 0 radical (unpaired) electrons. The summed E-state index contributed by atoms with van der Waals surface area (Å²) in [6.45, 7) is 3.08. The van der Waals surface area contributed by atoms with Crippen molar-refractivity contribution in [3.8, 4) is 5.75 Å². The van der Waals surface area contributed by atoms with Gasteiger partial charge in [0, 0.05) is 11.6 Å². The molecule has 4 aromatic rings. The van der Waals surface area contributed by atoms with Crippen molar-refractivity contribution in [3.05, 3.63) is 110 Å². The zero-order chi connectivity index (χ0) is 24.4. The molecule has 5 rings (SSSR count). The van der Waals surface area contributed by atoms with E-state index in [4.69, 9.17) is 20.8 Å². The van der Waals surface area contributed by atoms with E-state index in [1.807, 2.05) is 36.4 Å². The fourth-order valence-corrected chi connectivity index (χ4v) is 4.71. The third kappa shape index (κ3) is 4.56. The van der Waals surface area contributed by atoms with Crippen LogP contribution in [-0.4, -0.2) is 17.4 Å². The molecule has 35 heavy (non-hydrogen) atoms. The minimum absolute atomic E-state index is 0.0990. The van der Waals surface area contributed by atoms with Crippen LogP contribution in [-0.2, 0) is 6.54 Å². The SMILES string of the molecule is CCCCCOc1cccc(C2c3c(oc4ccccc4c3=O)C(=O)N2Cc2ccc(Cl)cc2)c1. The number of halogens is 1. The Kier molecular flexibility index (Phi) is 6.60. The number of para-hydroxylation sites is 1. The highest BCUT2D eigenvalue weighted by atomic mass is 35.5. The van der Waals surface area contributed by atoms with E-state index in [0.717, 1.165) is 36.1 Å². The molecule has 1 aliphatic heterocycles. The van der Waals surface area contributed by atoms with E-state index in [-0.39, 0.29) is 17.1 Å². The molecule has 0 bridgehead atoms. The predicted molar refractivity (Wildman–Crippen MR) is 137 cm³/mol. The van der Waals surface area contributed by atoms with E-state index in [2.05, 4.69) is 6.92 Å². The number of ether oxygens (including phenoxy) is 1. The van der Waals surface area contributed by atoms with E-state index >= 15 is 0 Å². The summed E-state index contributed by atoms with van der Waals surface area (Å²) in [6.07, 6.45) is 3.20. The van der Waals surface area contributed by atoms with Crippen molar-refractivity contribution in [3.63, 3.8) is 0 Å². The van der Waals surface area contributed by atoms with Crippen molar-refractivity contribution in [2.75, 3.05) is 6.61 Å². The summed E-state index contributed by atoms with van der Waals surface area (Å²) in [6, 6.07) is 21.5. The van der Waals surface area contributed by atoms with Gasteiger partial charge in [-0.25, -0.2) is 0 Å². The number of carbonyl (C=O) groups is 1. The lowest BCUT2D eigenvalue weighted by atomic mass is 9.98. The molecule has 1 amide bonds. The minimum Gasteiger partial charge on any atom is -0.494 e. The van der Waals surface area contributed by atoms with E-state index < -0.39 is 6.04 Å².